The second-order valence-electron chi connectivity index (χ2n) is 5.51. The first kappa shape index (κ1) is 19.2. The van der Waals surface area contributed by atoms with Crippen molar-refractivity contribution in [3.63, 3.8) is 0 Å². The second kappa shape index (κ2) is 8.28. The molecule has 1 N–H and O–H groups in total. The number of nitrogens with one attached hydrogen (secondary N) is 1. The summed E-state index contributed by atoms with van der Waals surface area (Å²) in [7, 11) is 1.55. The highest BCUT2D eigenvalue weighted by Crippen LogP contribution is 2.22. The molecule has 0 spiro atoms. The number of aryl methyl sites for hydroxylation is 1. The highest BCUT2D eigenvalue weighted by atomic mass is 16.5. The lowest BCUT2D eigenvalue weighted by molar-refractivity contribution is -0.144. The molecule has 8 heteroatoms. The number of ether oxygens (including phenoxy) is 2. The molecule has 0 bridgehead atoms. The zero-order valence-corrected chi connectivity index (χ0v) is 15.2. The molecule has 0 atom stereocenters. The number of methoxy groups -OCH3 is 1. The lowest BCUT2D eigenvalue weighted by atomic mass is 10.1. The van der Waals surface area contributed by atoms with Crippen LogP contribution in [0.2, 0.25) is 0 Å². The van der Waals surface area contributed by atoms with Gasteiger partial charge in [0.2, 0.25) is 0 Å². The Labute approximate surface area is 150 Å². The van der Waals surface area contributed by atoms with E-state index in [0.717, 1.165) is 4.68 Å². The monoisotopic (exact) mass is 359 g/mol. The summed E-state index contributed by atoms with van der Waals surface area (Å²) in [6, 6.07) is 6.88. The minimum atomic E-state index is -0.579. The first-order valence-electron chi connectivity index (χ1n) is 8.06. The normalized spacial score (nSPS) is 10.3. The van der Waals surface area contributed by atoms with Crippen LogP contribution in [0.5, 0.6) is 5.75 Å². The van der Waals surface area contributed by atoms with Gasteiger partial charge >= 0.3 is 5.97 Å². The summed E-state index contributed by atoms with van der Waals surface area (Å²) >= 11 is 0. The molecule has 0 saturated carbocycles. The number of Topliss-reactive ketones (excluding diaryl/α,β-unsaturated/α-hetero) is 1. The van der Waals surface area contributed by atoms with Crippen LogP contribution in [0.15, 0.2) is 29.1 Å². The minimum absolute atomic E-state index is 0.0689. The third-order valence-corrected chi connectivity index (χ3v) is 3.63. The van der Waals surface area contributed by atoms with Crippen LogP contribution in [0.3, 0.4) is 0 Å². The van der Waals surface area contributed by atoms with Crippen molar-refractivity contribution in [1.82, 2.24) is 9.78 Å². The molecule has 138 valence electrons. The molecule has 0 aliphatic carbocycles. The lowest BCUT2D eigenvalue weighted by Crippen LogP contribution is -2.32. The number of benzene rings is 1. The van der Waals surface area contributed by atoms with Gasteiger partial charge in [0.25, 0.3) is 5.56 Å². The van der Waals surface area contributed by atoms with Crippen LogP contribution in [0.4, 0.5) is 11.4 Å². The van der Waals surface area contributed by atoms with Crippen LogP contribution in [0, 0.1) is 6.92 Å². The molecule has 1 heterocycles. The molecule has 0 fully saturated rings. The van der Waals surface area contributed by atoms with E-state index in [1.54, 1.807) is 45.2 Å². The van der Waals surface area contributed by atoms with Gasteiger partial charge in [-0.25, -0.2) is 4.68 Å². The van der Waals surface area contributed by atoms with Crippen molar-refractivity contribution in [2.45, 2.75) is 27.3 Å². The molecule has 8 nitrogen and oxygen atoms in total. The van der Waals surface area contributed by atoms with Gasteiger partial charge in [-0.15, -0.1) is 0 Å². The smallest absolute Gasteiger partial charge is 0.327 e. The number of nitrogens with zero attached hydrogens (tertiary/aromatic N) is 2. The number of aromatic nitrogens is 2. The molecule has 0 aliphatic rings. The molecule has 0 unspecified atom stereocenters. The van der Waals surface area contributed by atoms with E-state index in [9.17, 15) is 14.4 Å². The average molecular weight is 359 g/mol. The maximum Gasteiger partial charge on any atom is 0.327 e. The molecule has 1 aromatic carbocycles. The van der Waals surface area contributed by atoms with Crippen molar-refractivity contribution in [3.8, 4) is 5.75 Å². The first-order valence-corrected chi connectivity index (χ1v) is 8.06. The highest BCUT2D eigenvalue weighted by molar-refractivity contribution is 6.01. The minimum Gasteiger partial charge on any atom is -0.497 e. The Morgan fingerprint density at radius 3 is 2.42 bits per heavy atom. The van der Waals surface area contributed by atoms with Crippen molar-refractivity contribution in [2.24, 2.45) is 0 Å². The van der Waals surface area contributed by atoms with E-state index in [4.69, 9.17) is 9.47 Å². The summed E-state index contributed by atoms with van der Waals surface area (Å²) in [6.07, 6.45) is 0. The van der Waals surface area contributed by atoms with Gasteiger partial charge in [-0.05, 0) is 45.0 Å². The zero-order chi connectivity index (χ0) is 19.3. The average Bonchev–Trinajstić information content (AvgIpc) is 2.59. The Kier molecular flexibility index (Phi) is 6.11. The van der Waals surface area contributed by atoms with Gasteiger partial charge in [-0.1, -0.05) is 0 Å². The Hall–Kier alpha value is -3.16. The Bertz CT molecular complexity index is 872. The predicted molar refractivity (Wildman–Crippen MR) is 96.1 cm³/mol. The fourth-order valence-electron chi connectivity index (χ4n) is 2.49. The van der Waals surface area contributed by atoms with Crippen molar-refractivity contribution >= 4 is 23.1 Å². The van der Waals surface area contributed by atoms with Crippen LogP contribution in [-0.4, -0.2) is 35.2 Å². The van der Waals surface area contributed by atoms with Gasteiger partial charge in [0, 0.05) is 5.69 Å². The van der Waals surface area contributed by atoms with E-state index in [1.807, 2.05) is 0 Å². The van der Waals surface area contributed by atoms with Gasteiger partial charge in [0.05, 0.1) is 25.0 Å². The largest absolute Gasteiger partial charge is 0.497 e. The van der Waals surface area contributed by atoms with Crippen molar-refractivity contribution in [3.05, 3.63) is 45.9 Å². The molecular formula is C18H21N3O5. The van der Waals surface area contributed by atoms with Crippen LogP contribution in [0.1, 0.15) is 29.9 Å². The maximum absolute atomic E-state index is 12.8. The summed E-state index contributed by atoms with van der Waals surface area (Å²) in [5, 5.41) is 7.03. The fourth-order valence-corrected chi connectivity index (χ4v) is 2.49. The Morgan fingerprint density at radius 1 is 1.23 bits per heavy atom. The molecule has 1 aromatic heterocycles. The number of esters is 1. The molecule has 0 radical (unpaired) electrons. The molecule has 2 rings (SSSR count). The molecule has 0 saturated heterocycles. The number of hydrogen-bond donors (Lipinski definition) is 1. The van der Waals surface area contributed by atoms with Gasteiger partial charge in [0.15, 0.2) is 5.78 Å². The standard InChI is InChI=1S/C18H21N3O5/c1-5-26-15(23)10-21-18(24)17(16(12(3)22)11(2)20-21)19-13-6-8-14(25-4)9-7-13/h6-9,19H,5,10H2,1-4H3. The van der Waals surface area contributed by atoms with Gasteiger partial charge < -0.3 is 14.8 Å². The highest BCUT2D eigenvalue weighted by Gasteiger charge is 2.20. The van der Waals surface area contributed by atoms with E-state index >= 15 is 0 Å². The van der Waals surface area contributed by atoms with Crippen LogP contribution >= 0.6 is 0 Å². The van der Waals surface area contributed by atoms with Crippen LogP contribution < -0.4 is 15.6 Å². The van der Waals surface area contributed by atoms with Crippen molar-refractivity contribution < 1.29 is 19.1 Å². The SMILES string of the molecule is CCOC(=O)Cn1nc(C)c(C(C)=O)c(Nc2ccc(OC)cc2)c1=O. The number of ketones is 1. The molecule has 26 heavy (non-hydrogen) atoms. The number of anilines is 2. The summed E-state index contributed by atoms with van der Waals surface area (Å²) in [6.45, 7) is 4.52. The molecular weight excluding hydrogens is 338 g/mol. The molecule has 0 amide bonds. The number of rotatable bonds is 7. The molecule has 0 aliphatic heterocycles. The van der Waals surface area contributed by atoms with Gasteiger partial charge in [-0.2, -0.15) is 5.10 Å². The third kappa shape index (κ3) is 4.27. The Morgan fingerprint density at radius 2 is 1.88 bits per heavy atom. The van der Waals surface area contributed by atoms with E-state index in [-0.39, 0.29) is 30.2 Å². The third-order valence-electron chi connectivity index (χ3n) is 3.63. The van der Waals surface area contributed by atoms with Crippen molar-refractivity contribution in [1.29, 1.82) is 0 Å². The molecule has 2 aromatic rings. The van der Waals surface area contributed by atoms with Crippen molar-refractivity contribution in [2.75, 3.05) is 19.0 Å². The van der Waals surface area contributed by atoms with Crippen LogP contribution in [0.25, 0.3) is 0 Å². The Balaban J connectivity index is 2.49. The second-order valence-corrected chi connectivity index (χ2v) is 5.51. The topological polar surface area (TPSA) is 99.5 Å². The van der Waals surface area contributed by atoms with Gasteiger partial charge in [0.1, 0.15) is 18.0 Å². The quantitative estimate of drug-likeness (QED) is 0.597. The van der Waals surface area contributed by atoms with Gasteiger partial charge in [-0.3, -0.25) is 14.4 Å². The first-order chi connectivity index (χ1) is 12.4. The van der Waals surface area contributed by atoms with E-state index in [0.29, 0.717) is 17.1 Å². The van der Waals surface area contributed by atoms with E-state index in [2.05, 4.69) is 10.4 Å². The van der Waals surface area contributed by atoms with E-state index < -0.39 is 11.5 Å². The number of carbonyl (C=O) groups excluding carboxylic acids is 2. The summed E-state index contributed by atoms with van der Waals surface area (Å²) in [5.74, 6) is -0.216. The number of hydrogen-bond acceptors (Lipinski definition) is 7. The summed E-state index contributed by atoms with van der Waals surface area (Å²) in [4.78, 5) is 36.5. The zero-order valence-electron chi connectivity index (χ0n) is 15.2. The van der Waals surface area contributed by atoms with Crippen LogP contribution in [-0.2, 0) is 16.1 Å². The summed E-state index contributed by atoms with van der Waals surface area (Å²) < 4.78 is 11.0. The summed E-state index contributed by atoms with van der Waals surface area (Å²) in [5.41, 5.74) is 0.617. The maximum atomic E-state index is 12.8. The van der Waals surface area contributed by atoms with E-state index in [1.165, 1.54) is 6.92 Å². The fraction of sp³-hybridized carbons (Fsp3) is 0.333. The predicted octanol–water partition coefficient (Wildman–Crippen LogP) is 2.07. The lowest BCUT2D eigenvalue weighted by Gasteiger charge is -2.14. The number of carbonyl (C=O) groups is 2.